The van der Waals surface area contributed by atoms with E-state index in [9.17, 15) is 169 Å². The van der Waals surface area contributed by atoms with E-state index in [-0.39, 0.29) is 0 Å². The molecule has 4 fully saturated rings. The summed E-state index contributed by atoms with van der Waals surface area (Å²) in [7, 11) is -82.9. The lowest BCUT2D eigenvalue weighted by atomic mass is 9.96. The molecule has 0 bridgehead atoms. The largest absolute Gasteiger partial charge is 0.397 e. The molecule has 0 unspecified atom stereocenters. The lowest BCUT2D eigenvalue weighted by molar-refractivity contribution is -0.383. The molecule has 72 heteroatoms. The van der Waals surface area contributed by atoms with Crippen molar-refractivity contribution in [2.75, 3.05) is 19.8 Å². The van der Waals surface area contributed by atoms with E-state index >= 15 is 0 Å². The van der Waals surface area contributed by atoms with E-state index in [4.69, 9.17) is 33.2 Å². The van der Waals surface area contributed by atoms with Gasteiger partial charge in [0, 0.05) is 0 Å². The molecule has 59 nitrogen and oxygen atoms in total. The van der Waals surface area contributed by atoms with Gasteiger partial charge in [-0.25, -0.2) is 54.4 Å². The summed E-state index contributed by atoms with van der Waals surface area (Å²) < 4.78 is 533. The molecular formula is C24H42O59S13. The maximum Gasteiger partial charge on any atom is 0.397 e. The number of hydrogen-bond acceptors (Lipinski definition) is 46. The predicted molar refractivity (Wildman–Crippen MR) is 268 cm³/mol. The summed E-state index contributed by atoms with van der Waals surface area (Å²) in [5.74, 6) is 0. The Hall–Kier alpha value is -1.97. The molecule has 4 aliphatic rings. The molecule has 0 spiro atoms. The minimum atomic E-state index is -6.74. The maximum atomic E-state index is 12.7. The average molecular weight is 1690 g/mol. The highest BCUT2D eigenvalue weighted by Gasteiger charge is 2.62. The molecule has 96 heavy (non-hydrogen) atoms. The minimum Gasteiger partial charge on any atom is -0.347 e. The van der Waals surface area contributed by atoms with Crippen LogP contribution < -0.4 is 0 Å². The summed E-state index contributed by atoms with van der Waals surface area (Å²) in [6.07, 6.45) is -69.3. The van der Waals surface area contributed by atoms with Gasteiger partial charge in [0.25, 0.3) is 0 Å². The molecule has 0 aromatic rings. The van der Waals surface area contributed by atoms with Gasteiger partial charge in [0.05, 0.1) is 25.9 Å². The van der Waals surface area contributed by atoms with Gasteiger partial charge in [-0.05, 0) is 6.92 Å². The normalized spacial score (nSPS) is 33.4. The molecule has 0 aromatic heterocycles. The van der Waals surface area contributed by atoms with Crippen LogP contribution in [-0.4, -0.2) is 311 Å². The molecule has 0 aliphatic carbocycles. The van der Waals surface area contributed by atoms with Crippen LogP contribution in [0.4, 0.5) is 0 Å². The highest BCUT2D eigenvalue weighted by atomic mass is 32.3. The van der Waals surface area contributed by atoms with Crippen molar-refractivity contribution < 1.29 is 256 Å². The van der Waals surface area contributed by atoms with E-state index in [1.54, 1.807) is 0 Å². The van der Waals surface area contributed by atoms with E-state index in [0.29, 0.717) is 6.92 Å². The predicted octanol–water partition coefficient (Wildman–Crippen LogP) is -11.0. The molecular weight excluding hydrogens is 1650 g/mol. The van der Waals surface area contributed by atoms with Gasteiger partial charge in [0.1, 0.15) is 67.1 Å². The van der Waals surface area contributed by atoms with Crippen molar-refractivity contribution in [3.8, 4) is 0 Å². The fourth-order valence-electron chi connectivity index (χ4n) is 8.18. The van der Waals surface area contributed by atoms with Crippen molar-refractivity contribution in [3.63, 3.8) is 0 Å². The molecule has 13 N–H and O–H groups in total. The Labute approximate surface area is 537 Å². The van der Waals surface area contributed by atoms with Crippen LogP contribution in [0.15, 0.2) is 0 Å². The van der Waals surface area contributed by atoms with Crippen molar-refractivity contribution in [2.24, 2.45) is 0 Å². The van der Waals surface area contributed by atoms with E-state index in [2.05, 4.69) is 54.4 Å². The zero-order chi connectivity index (χ0) is 74.3. The zero-order valence-corrected chi connectivity index (χ0v) is 55.2. The summed E-state index contributed by atoms with van der Waals surface area (Å²) in [5.41, 5.74) is 0. The standard InChI is InChI=1S/C24H42O59S13/c1-5-9(73-86(31,32)33)13(76-89(40,41)42)17(80-93(52,53)54)21(67-5)64-2-6-11(74-87(34,35)36)15(78-91(46,47)48)19(82-95(58,59)60)22(68-6)71-10-7(3-65-84(25,26)27)69-23(18(81-94(55,56)57)14(10)77-90(43,44)45)72-24-20(83-96(61,62)63)16(79-92(49,50)51)12(75-88(37,38)39)8(70-24)4-66-85(28,29)30/h5-24H,2-4H2,1H3,(H,25,26,27)(H,28,29,30)(H,31,32,33)(H,34,35,36)(H,37,38,39)(H,40,41,42)(H,43,44,45)(H,46,47,48)(H,49,50,51)(H,52,53,54)(H,55,56,57)(H,58,59,60)(H,61,62,63)/t5-,6-,7-,8-,9-,10+,11+,12-,13-,14-,15-,16-,17+,18-,19-,20-,21+,22-,23+,24+/m0/s1. The highest BCUT2D eigenvalue weighted by Crippen LogP contribution is 2.41. The summed E-state index contributed by atoms with van der Waals surface area (Å²) >= 11 is 0. The van der Waals surface area contributed by atoms with Gasteiger partial charge >= 0.3 is 135 Å². The number of hydrogen-bond donors (Lipinski definition) is 13. The summed E-state index contributed by atoms with van der Waals surface area (Å²) in [6.45, 7) is -6.15. The fourth-order valence-corrected chi connectivity index (χ4v) is 14.3. The topological polar surface area (TPSA) is 891 Å². The molecule has 0 amide bonds. The highest BCUT2D eigenvalue weighted by molar-refractivity contribution is 7.83. The van der Waals surface area contributed by atoms with Gasteiger partial charge < -0.3 is 33.2 Å². The van der Waals surface area contributed by atoms with Gasteiger partial charge in [-0.15, -0.1) is 0 Å². The Morgan fingerprint density at radius 2 is 0.438 bits per heavy atom. The molecule has 20 atom stereocenters. The van der Waals surface area contributed by atoms with Gasteiger partial charge in [-0.1, -0.05) is 0 Å². The van der Waals surface area contributed by atoms with Gasteiger partial charge in [0.15, 0.2) is 49.6 Å². The van der Waals surface area contributed by atoms with Crippen LogP contribution in [-0.2, 0) is 223 Å². The van der Waals surface area contributed by atoms with Crippen molar-refractivity contribution >= 4 is 135 Å². The van der Waals surface area contributed by atoms with Gasteiger partial charge in [0.2, 0.25) is 0 Å². The Morgan fingerprint density at radius 3 is 0.719 bits per heavy atom. The molecule has 4 heterocycles. The van der Waals surface area contributed by atoms with Crippen LogP contribution in [0, 0.1) is 0 Å². The van der Waals surface area contributed by atoms with Crippen molar-refractivity contribution in [3.05, 3.63) is 0 Å². The first-order valence-corrected chi connectivity index (χ1v) is 40.3. The Bertz CT molecular complexity index is 4300. The van der Waals surface area contributed by atoms with Gasteiger partial charge in [-0.3, -0.25) is 59.2 Å². The average Bonchev–Trinajstić information content (AvgIpc) is 0.766. The SMILES string of the molecule is C[C@@H]1O[C@@H](OC[C@@H]2O[C@@H](O[C@H]3[C@H](OS(=O)(=O)O)[C@H](OS(=O)(=O)O)[C@@H](O[C@H]4O[C@@H](COS(=O)(=O)O)[C@H](OS(=O)(=O)O)[C@H](OS(=O)(=O)O)[C@@H]4OS(=O)(=O)O)O[C@H]3COS(=O)(=O)O)[C@@H](OS(=O)(=O)O)[C@@H](OS(=O)(=O)O)[C@@H]2OS(=O)(=O)O)[C@H](OS(=O)(=O)O)[C@@H](OS(=O)(=O)O)[C@H]1OS(=O)(=O)O. The molecule has 4 rings (SSSR count). The van der Waals surface area contributed by atoms with Crippen LogP contribution in [0.2, 0.25) is 0 Å². The number of ether oxygens (including phenoxy) is 7. The minimum absolute atomic E-state index is 0.545. The Morgan fingerprint density at radius 1 is 0.229 bits per heavy atom. The van der Waals surface area contributed by atoms with E-state index in [1.807, 2.05) is 0 Å². The van der Waals surface area contributed by atoms with Crippen molar-refractivity contribution in [2.45, 2.75) is 130 Å². The first-order valence-electron chi connectivity index (χ1n) is 22.5. The lowest BCUT2D eigenvalue weighted by Crippen LogP contribution is -2.68. The fraction of sp³-hybridized carbons (Fsp3) is 1.00. The number of rotatable bonds is 35. The second-order valence-corrected chi connectivity index (χ2v) is 31.4. The maximum absolute atomic E-state index is 12.7. The zero-order valence-electron chi connectivity index (χ0n) is 44.6. The molecule has 570 valence electrons. The summed E-state index contributed by atoms with van der Waals surface area (Å²) in [5, 5.41) is 0. The molecule has 4 saturated heterocycles. The van der Waals surface area contributed by atoms with E-state index < -0.39 is 278 Å². The second kappa shape index (κ2) is 31.2. The smallest absolute Gasteiger partial charge is 0.347 e. The summed E-state index contributed by atoms with van der Waals surface area (Å²) in [4.78, 5) is 0. The lowest BCUT2D eigenvalue weighted by Gasteiger charge is -2.49. The first-order chi connectivity index (χ1) is 42.5. The van der Waals surface area contributed by atoms with Crippen LogP contribution in [0.3, 0.4) is 0 Å². The molecule has 0 aromatic carbocycles. The first kappa shape index (κ1) is 86.4. The van der Waals surface area contributed by atoms with Crippen molar-refractivity contribution in [1.82, 2.24) is 0 Å². The van der Waals surface area contributed by atoms with Crippen LogP contribution in [0.1, 0.15) is 6.92 Å². The Balaban J connectivity index is 2.12. The molecule has 4 aliphatic heterocycles. The van der Waals surface area contributed by atoms with Crippen LogP contribution >= 0.6 is 0 Å². The van der Waals surface area contributed by atoms with Gasteiger partial charge in [-0.2, -0.15) is 109 Å². The quantitative estimate of drug-likeness (QED) is 0.0262. The van der Waals surface area contributed by atoms with E-state index in [0.717, 1.165) is 0 Å². The third kappa shape index (κ3) is 30.5. The van der Waals surface area contributed by atoms with Crippen LogP contribution in [0.25, 0.3) is 0 Å². The summed E-state index contributed by atoms with van der Waals surface area (Å²) in [6, 6.07) is 0. The molecule has 0 saturated carbocycles. The monoisotopic (exact) mass is 1690 g/mol. The second-order valence-electron chi connectivity index (χ2n) is 17.7. The molecule has 0 radical (unpaired) electrons. The van der Waals surface area contributed by atoms with Crippen LogP contribution in [0.5, 0.6) is 0 Å². The Kier molecular flexibility index (Phi) is 28.1. The van der Waals surface area contributed by atoms with Crippen molar-refractivity contribution in [1.29, 1.82) is 0 Å². The van der Waals surface area contributed by atoms with E-state index in [1.165, 1.54) is 0 Å². The third-order valence-electron chi connectivity index (χ3n) is 10.8. The third-order valence-corrected chi connectivity index (χ3v) is 16.8.